The third kappa shape index (κ3) is 4.47. The van der Waals surface area contributed by atoms with Gasteiger partial charge in [-0.05, 0) is 61.2 Å². The van der Waals surface area contributed by atoms with E-state index in [0.29, 0.717) is 30.2 Å². The average molecular weight is 413 g/mol. The van der Waals surface area contributed by atoms with Crippen molar-refractivity contribution in [2.24, 2.45) is 5.92 Å². The lowest BCUT2D eigenvalue weighted by Crippen LogP contribution is -2.56. The Morgan fingerprint density at radius 3 is 2.86 bits per heavy atom. The van der Waals surface area contributed by atoms with E-state index >= 15 is 0 Å². The van der Waals surface area contributed by atoms with E-state index in [1.807, 2.05) is 29.2 Å². The van der Waals surface area contributed by atoms with Crippen LogP contribution >= 0.6 is 11.3 Å². The van der Waals surface area contributed by atoms with Gasteiger partial charge in [0.05, 0.1) is 7.11 Å². The Labute approximate surface area is 176 Å². The molecule has 0 radical (unpaired) electrons. The number of benzene rings is 1. The fraction of sp³-hybridized carbons (Fsp3) is 0.478. The standard InChI is InChI=1S/C23H28N2O3S/c1-28-19-7-2-5-17(15-19)23(27)24-13-11-21-18(16-24)6-3-12-25(21)22(26)10-9-20-8-4-14-29-20/h2,4-5,7-8,14-15,18,21H,3,6,9-13,16H2,1H3/t18-,21-/m1/s1. The molecule has 2 atom stereocenters. The average Bonchev–Trinajstić information content (AvgIpc) is 3.30. The van der Waals surface area contributed by atoms with Crippen LogP contribution in [0, 0.1) is 5.92 Å². The van der Waals surface area contributed by atoms with Crippen molar-refractivity contribution >= 4 is 23.2 Å². The van der Waals surface area contributed by atoms with Crippen LogP contribution in [0.4, 0.5) is 0 Å². The number of thiophene rings is 1. The zero-order chi connectivity index (χ0) is 20.2. The number of methoxy groups -OCH3 is 1. The maximum absolute atomic E-state index is 13.0. The number of nitrogens with zero attached hydrogens (tertiary/aromatic N) is 2. The minimum Gasteiger partial charge on any atom is -0.497 e. The van der Waals surface area contributed by atoms with Crippen molar-refractivity contribution in [2.75, 3.05) is 26.7 Å². The van der Waals surface area contributed by atoms with E-state index in [0.717, 1.165) is 38.8 Å². The summed E-state index contributed by atoms with van der Waals surface area (Å²) < 4.78 is 5.25. The number of carbonyl (C=O) groups is 2. The highest BCUT2D eigenvalue weighted by molar-refractivity contribution is 7.09. The van der Waals surface area contributed by atoms with Crippen molar-refractivity contribution in [3.05, 3.63) is 52.2 Å². The summed E-state index contributed by atoms with van der Waals surface area (Å²) in [5.74, 6) is 1.40. The van der Waals surface area contributed by atoms with Gasteiger partial charge in [0.1, 0.15) is 5.75 Å². The number of hydrogen-bond donors (Lipinski definition) is 0. The van der Waals surface area contributed by atoms with E-state index in [1.165, 1.54) is 4.88 Å². The lowest BCUT2D eigenvalue weighted by atomic mass is 9.83. The molecule has 0 spiro atoms. The summed E-state index contributed by atoms with van der Waals surface area (Å²) >= 11 is 1.71. The molecule has 2 amide bonds. The topological polar surface area (TPSA) is 49.9 Å². The second-order valence-electron chi connectivity index (χ2n) is 7.91. The molecule has 0 aliphatic carbocycles. The number of piperidine rings is 2. The second-order valence-corrected chi connectivity index (χ2v) is 8.94. The molecule has 2 fully saturated rings. The molecular formula is C23H28N2O3S. The van der Waals surface area contributed by atoms with Crippen molar-refractivity contribution in [3.8, 4) is 5.75 Å². The first-order valence-electron chi connectivity index (χ1n) is 10.4. The van der Waals surface area contributed by atoms with Gasteiger partial charge in [0.25, 0.3) is 5.91 Å². The summed E-state index contributed by atoms with van der Waals surface area (Å²) in [4.78, 5) is 31.2. The van der Waals surface area contributed by atoms with Crippen LogP contribution < -0.4 is 4.74 Å². The van der Waals surface area contributed by atoms with Crippen LogP contribution in [-0.2, 0) is 11.2 Å². The van der Waals surface area contributed by atoms with Crippen molar-refractivity contribution in [1.82, 2.24) is 9.80 Å². The second kappa shape index (κ2) is 8.99. The predicted molar refractivity (Wildman–Crippen MR) is 114 cm³/mol. The molecule has 29 heavy (non-hydrogen) atoms. The maximum atomic E-state index is 13.0. The lowest BCUT2D eigenvalue weighted by Gasteiger charge is -2.47. The number of hydrogen-bond acceptors (Lipinski definition) is 4. The zero-order valence-electron chi connectivity index (χ0n) is 16.9. The van der Waals surface area contributed by atoms with Gasteiger partial charge >= 0.3 is 0 Å². The Kier molecular flexibility index (Phi) is 6.19. The highest BCUT2D eigenvalue weighted by Gasteiger charge is 2.39. The van der Waals surface area contributed by atoms with Crippen molar-refractivity contribution < 1.29 is 14.3 Å². The molecule has 1 aromatic heterocycles. The van der Waals surface area contributed by atoms with Crippen LogP contribution in [0.1, 0.15) is 40.9 Å². The molecule has 0 bridgehead atoms. The van der Waals surface area contributed by atoms with Crippen LogP contribution in [0.2, 0.25) is 0 Å². The van der Waals surface area contributed by atoms with E-state index in [-0.39, 0.29) is 17.9 Å². The summed E-state index contributed by atoms with van der Waals surface area (Å²) in [6, 6.07) is 11.8. The van der Waals surface area contributed by atoms with E-state index < -0.39 is 0 Å². The highest BCUT2D eigenvalue weighted by atomic mass is 32.1. The van der Waals surface area contributed by atoms with E-state index in [9.17, 15) is 9.59 Å². The van der Waals surface area contributed by atoms with Crippen LogP contribution in [-0.4, -0.2) is 54.4 Å². The van der Waals surface area contributed by atoms with E-state index in [4.69, 9.17) is 4.74 Å². The van der Waals surface area contributed by atoms with Crippen LogP contribution in [0.5, 0.6) is 5.75 Å². The van der Waals surface area contributed by atoms with Gasteiger partial charge in [0, 0.05) is 42.5 Å². The van der Waals surface area contributed by atoms with Crippen molar-refractivity contribution in [2.45, 2.75) is 38.1 Å². The van der Waals surface area contributed by atoms with Gasteiger partial charge in [-0.25, -0.2) is 0 Å². The summed E-state index contributed by atoms with van der Waals surface area (Å²) in [5, 5.41) is 2.06. The Bertz CT molecular complexity index is 852. The zero-order valence-corrected chi connectivity index (χ0v) is 17.7. The summed E-state index contributed by atoms with van der Waals surface area (Å²) in [7, 11) is 1.61. The van der Waals surface area contributed by atoms with Gasteiger partial charge < -0.3 is 14.5 Å². The summed E-state index contributed by atoms with van der Waals surface area (Å²) in [5.41, 5.74) is 0.669. The Hall–Kier alpha value is -2.34. The number of likely N-dealkylation sites (tertiary alicyclic amines) is 2. The largest absolute Gasteiger partial charge is 0.497 e. The smallest absolute Gasteiger partial charge is 0.253 e. The predicted octanol–water partition coefficient (Wildman–Crippen LogP) is 3.84. The van der Waals surface area contributed by atoms with Gasteiger partial charge in [-0.15, -0.1) is 11.3 Å². The first-order valence-corrected chi connectivity index (χ1v) is 11.3. The third-order valence-corrected chi connectivity index (χ3v) is 7.09. The molecule has 6 heteroatoms. The Morgan fingerprint density at radius 1 is 1.17 bits per heavy atom. The van der Waals surface area contributed by atoms with E-state index in [2.05, 4.69) is 16.3 Å². The molecule has 2 aliphatic heterocycles. The Morgan fingerprint density at radius 2 is 2.07 bits per heavy atom. The van der Waals surface area contributed by atoms with Gasteiger partial charge in [0.15, 0.2) is 0 Å². The number of aryl methyl sites for hydroxylation is 1. The summed E-state index contributed by atoms with van der Waals surface area (Å²) in [6.07, 6.45) is 4.38. The Balaban J connectivity index is 1.38. The quantitative estimate of drug-likeness (QED) is 0.750. The molecule has 1 aromatic carbocycles. The first-order chi connectivity index (χ1) is 14.2. The van der Waals surface area contributed by atoms with Crippen molar-refractivity contribution in [1.29, 1.82) is 0 Å². The number of rotatable bonds is 5. The molecule has 5 nitrogen and oxygen atoms in total. The van der Waals surface area contributed by atoms with Gasteiger partial charge in [-0.3, -0.25) is 9.59 Å². The van der Waals surface area contributed by atoms with Crippen LogP contribution in [0.25, 0.3) is 0 Å². The van der Waals surface area contributed by atoms with Gasteiger partial charge in [0.2, 0.25) is 5.91 Å². The molecule has 2 saturated heterocycles. The molecule has 2 aliphatic rings. The van der Waals surface area contributed by atoms with Gasteiger partial charge in [-0.2, -0.15) is 0 Å². The number of fused-ring (bicyclic) bond motifs is 1. The molecule has 3 heterocycles. The van der Waals surface area contributed by atoms with Crippen molar-refractivity contribution in [3.63, 3.8) is 0 Å². The molecule has 0 unspecified atom stereocenters. The molecule has 0 saturated carbocycles. The molecule has 4 rings (SSSR count). The number of amides is 2. The molecule has 0 N–H and O–H groups in total. The normalized spacial score (nSPS) is 21.6. The monoisotopic (exact) mass is 412 g/mol. The minimum absolute atomic E-state index is 0.0588. The fourth-order valence-electron chi connectivity index (χ4n) is 4.66. The van der Waals surface area contributed by atoms with Gasteiger partial charge in [-0.1, -0.05) is 12.1 Å². The molecule has 154 valence electrons. The first kappa shape index (κ1) is 20.0. The highest BCUT2D eigenvalue weighted by Crippen LogP contribution is 2.32. The SMILES string of the molecule is COc1cccc(C(=O)N2CC[C@@H]3[C@H](CCCN3C(=O)CCc3cccs3)C2)c1. The molecule has 2 aromatic rings. The fourth-order valence-corrected chi connectivity index (χ4v) is 5.37. The number of carbonyl (C=O) groups excluding carboxylic acids is 2. The van der Waals surface area contributed by atoms with Crippen LogP contribution in [0.15, 0.2) is 41.8 Å². The van der Waals surface area contributed by atoms with E-state index in [1.54, 1.807) is 24.5 Å². The summed E-state index contributed by atoms with van der Waals surface area (Å²) in [6.45, 7) is 2.29. The maximum Gasteiger partial charge on any atom is 0.253 e. The number of ether oxygens (including phenoxy) is 1. The minimum atomic E-state index is 0.0588. The molecular weight excluding hydrogens is 384 g/mol. The third-order valence-electron chi connectivity index (χ3n) is 6.16. The van der Waals surface area contributed by atoms with Crippen LogP contribution in [0.3, 0.4) is 0 Å². The lowest BCUT2D eigenvalue weighted by molar-refractivity contribution is -0.137.